The van der Waals surface area contributed by atoms with Crippen LogP contribution < -0.4 is 0 Å². The van der Waals surface area contributed by atoms with Crippen LogP contribution >= 0.6 is 11.6 Å². The average molecular weight is 240 g/mol. The average Bonchev–Trinajstić information content (AvgIpc) is 2.29. The lowest BCUT2D eigenvalue weighted by Crippen LogP contribution is -2.03. The number of hydrogen-bond donors (Lipinski definition) is 0. The van der Waals surface area contributed by atoms with Gasteiger partial charge in [-0.25, -0.2) is 14.2 Å². The van der Waals surface area contributed by atoms with Crippen LogP contribution in [-0.4, -0.2) is 18.1 Å². The predicted molar refractivity (Wildman–Crippen MR) is 58.1 cm³/mol. The molecule has 3 nitrogen and oxygen atoms in total. The van der Waals surface area contributed by atoms with Crippen LogP contribution in [0.25, 0.3) is 10.9 Å². The van der Waals surface area contributed by atoms with Gasteiger partial charge in [-0.05, 0) is 18.2 Å². The van der Waals surface area contributed by atoms with Crippen LogP contribution in [0.5, 0.6) is 0 Å². The van der Waals surface area contributed by atoms with Gasteiger partial charge in [0.05, 0.1) is 17.6 Å². The first-order valence-corrected chi connectivity index (χ1v) is 4.84. The van der Waals surface area contributed by atoms with E-state index in [-0.39, 0.29) is 10.7 Å². The molecular weight excluding hydrogens is 233 g/mol. The largest absolute Gasteiger partial charge is 0.464 e. The van der Waals surface area contributed by atoms with E-state index in [0.29, 0.717) is 10.9 Å². The van der Waals surface area contributed by atoms with Crippen molar-refractivity contribution in [3.05, 3.63) is 40.8 Å². The highest BCUT2D eigenvalue weighted by atomic mass is 35.5. The number of esters is 1. The Morgan fingerprint density at radius 1 is 1.44 bits per heavy atom. The monoisotopic (exact) mass is 239 g/mol. The van der Waals surface area contributed by atoms with Crippen molar-refractivity contribution in [1.82, 2.24) is 4.98 Å². The van der Waals surface area contributed by atoms with Gasteiger partial charge in [-0.3, -0.25) is 0 Å². The molecule has 82 valence electrons. The van der Waals surface area contributed by atoms with Crippen molar-refractivity contribution in [3.63, 3.8) is 0 Å². The lowest BCUT2D eigenvalue weighted by atomic mass is 10.2. The zero-order chi connectivity index (χ0) is 11.7. The van der Waals surface area contributed by atoms with Gasteiger partial charge in [0.2, 0.25) is 0 Å². The Hall–Kier alpha value is -1.68. The normalized spacial score (nSPS) is 10.4. The molecule has 0 atom stereocenters. The van der Waals surface area contributed by atoms with E-state index >= 15 is 0 Å². The van der Waals surface area contributed by atoms with E-state index in [1.165, 1.54) is 25.3 Å². The Kier molecular flexibility index (Phi) is 2.75. The topological polar surface area (TPSA) is 39.2 Å². The van der Waals surface area contributed by atoms with Gasteiger partial charge in [0, 0.05) is 5.39 Å². The Balaban J connectivity index is 2.62. The molecule has 0 aliphatic rings. The molecule has 1 heterocycles. The van der Waals surface area contributed by atoms with E-state index in [1.54, 1.807) is 6.07 Å². The van der Waals surface area contributed by atoms with Crippen molar-refractivity contribution in [2.45, 2.75) is 0 Å². The molecule has 0 fully saturated rings. The quantitative estimate of drug-likeness (QED) is 0.719. The van der Waals surface area contributed by atoms with Crippen LogP contribution in [0.1, 0.15) is 10.5 Å². The first-order chi connectivity index (χ1) is 7.61. The molecule has 16 heavy (non-hydrogen) atoms. The number of ether oxygens (including phenoxy) is 1. The molecule has 0 radical (unpaired) electrons. The molecule has 5 heteroatoms. The molecule has 0 saturated heterocycles. The van der Waals surface area contributed by atoms with Crippen LogP contribution in [0.4, 0.5) is 4.39 Å². The van der Waals surface area contributed by atoms with Gasteiger partial charge in [-0.1, -0.05) is 17.7 Å². The molecule has 0 unspecified atom stereocenters. The van der Waals surface area contributed by atoms with E-state index in [2.05, 4.69) is 9.72 Å². The summed E-state index contributed by atoms with van der Waals surface area (Å²) < 4.78 is 17.7. The number of pyridine rings is 1. The number of halogens is 2. The van der Waals surface area contributed by atoms with E-state index in [9.17, 15) is 9.18 Å². The lowest BCUT2D eigenvalue weighted by molar-refractivity contribution is 0.0594. The Morgan fingerprint density at radius 3 is 2.88 bits per heavy atom. The minimum absolute atomic E-state index is 0.0259. The Labute approximate surface area is 95.8 Å². The van der Waals surface area contributed by atoms with Gasteiger partial charge in [0.25, 0.3) is 0 Å². The minimum atomic E-state index is -0.539. The van der Waals surface area contributed by atoms with Crippen molar-refractivity contribution < 1.29 is 13.9 Å². The van der Waals surface area contributed by atoms with Gasteiger partial charge < -0.3 is 4.74 Å². The number of aromatic nitrogens is 1. The van der Waals surface area contributed by atoms with Gasteiger partial charge in [0.15, 0.2) is 0 Å². The lowest BCUT2D eigenvalue weighted by Gasteiger charge is -2.02. The van der Waals surface area contributed by atoms with Gasteiger partial charge >= 0.3 is 5.97 Å². The van der Waals surface area contributed by atoms with Gasteiger partial charge in [0.1, 0.15) is 11.5 Å². The highest BCUT2D eigenvalue weighted by molar-refractivity contribution is 6.31. The number of rotatable bonds is 1. The number of carbonyl (C=O) groups is 1. The molecule has 0 aliphatic heterocycles. The Morgan fingerprint density at radius 2 is 2.19 bits per heavy atom. The summed E-state index contributed by atoms with van der Waals surface area (Å²) in [7, 11) is 1.27. The van der Waals surface area contributed by atoms with Crippen LogP contribution in [0.2, 0.25) is 5.02 Å². The van der Waals surface area contributed by atoms with Crippen molar-refractivity contribution in [2.75, 3.05) is 7.11 Å². The van der Waals surface area contributed by atoms with Crippen LogP contribution in [0, 0.1) is 5.82 Å². The summed E-state index contributed by atoms with van der Waals surface area (Å²) >= 11 is 5.62. The summed E-state index contributed by atoms with van der Waals surface area (Å²) in [5, 5.41) is 0.552. The number of hydrogen-bond acceptors (Lipinski definition) is 3. The van der Waals surface area contributed by atoms with Crippen LogP contribution in [-0.2, 0) is 4.74 Å². The highest BCUT2D eigenvalue weighted by Gasteiger charge is 2.09. The van der Waals surface area contributed by atoms with E-state index in [0.717, 1.165) is 0 Å². The maximum Gasteiger partial charge on any atom is 0.356 e. The maximum absolute atomic E-state index is 13.1. The number of benzene rings is 1. The summed E-state index contributed by atoms with van der Waals surface area (Å²) in [6.07, 6.45) is 0. The SMILES string of the molecule is COC(=O)c1ccc2cc(F)c(Cl)cc2n1. The molecule has 0 N–H and O–H groups in total. The smallest absolute Gasteiger partial charge is 0.356 e. The molecule has 1 aromatic carbocycles. The minimum Gasteiger partial charge on any atom is -0.464 e. The molecule has 2 aromatic rings. The fourth-order valence-electron chi connectivity index (χ4n) is 1.34. The first-order valence-electron chi connectivity index (χ1n) is 4.46. The highest BCUT2D eigenvalue weighted by Crippen LogP contribution is 2.21. The maximum atomic E-state index is 13.1. The summed E-state index contributed by atoms with van der Waals surface area (Å²) in [4.78, 5) is 15.2. The van der Waals surface area contributed by atoms with E-state index < -0.39 is 11.8 Å². The fraction of sp³-hybridized carbons (Fsp3) is 0.0909. The van der Waals surface area contributed by atoms with Crippen molar-refractivity contribution in [3.8, 4) is 0 Å². The van der Waals surface area contributed by atoms with Crippen molar-refractivity contribution >= 4 is 28.5 Å². The van der Waals surface area contributed by atoms with E-state index in [4.69, 9.17) is 11.6 Å². The molecule has 1 aromatic heterocycles. The molecule has 2 rings (SSSR count). The summed E-state index contributed by atoms with van der Waals surface area (Å²) in [5.74, 6) is -1.05. The molecule has 0 saturated carbocycles. The van der Waals surface area contributed by atoms with Crippen LogP contribution in [0.15, 0.2) is 24.3 Å². The third kappa shape index (κ3) is 1.84. The molecule has 0 bridgehead atoms. The third-order valence-electron chi connectivity index (χ3n) is 2.13. The molecule has 0 amide bonds. The summed E-state index contributed by atoms with van der Waals surface area (Å²) in [5.41, 5.74) is 0.618. The number of carbonyl (C=O) groups excluding carboxylic acids is 1. The number of fused-ring (bicyclic) bond motifs is 1. The second-order valence-corrected chi connectivity index (χ2v) is 3.55. The standard InChI is InChI=1S/C11H7ClFNO2/c1-16-11(15)9-3-2-6-4-8(13)7(12)5-10(6)14-9/h2-5H,1H3. The summed E-state index contributed by atoms with van der Waals surface area (Å²) in [6.45, 7) is 0. The van der Waals surface area contributed by atoms with Gasteiger partial charge in [-0.15, -0.1) is 0 Å². The van der Waals surface area contributed by atoms with Crippen molar-refractivity contribution in [2.24, 2.45) is 0 Å². The van der Waals surface area contributed by atoms with E-state index in [1.807, 2.05) is 0 Å². The van der Waals surface area contributed by atoms with Gasteiger partial charge in [-0.2, -0.15) is 0 Å². The fourth-order valence-corrected chi connectivity index (χ4v) is 1.49. The second kappa shape index (κ2) is 4.06. The number of nitrogens with zero attached hydrogens (tertiary/aromatic N) is 1. The molecule has 0 spiro atoms. The first kappa shape index (κ1) is 10.8. The number of methoxy groups -OCH3 is 1. The van der Waals surface area contributed by atoms with Crippen molar-refractivity contribution in [1.29, 1.82) is 0 Å². The molecule has 0 aliphatic carbocycles. The molecular formula is C11H7ClFNO2. The summed E-state index contributed by atoms with van der Waals surface area (Å²) in [6, 6.07) is 5.71. The second-order valence-electron chi connectivity index (χ2n) is 3.15. The third-order valence-corrected chi connectivity index (χ3v) is 2.42. The Bertz CT molecular complexity index is 571. The zero-order valence-corrected chi connectivity index (χ0v) is 9.08. The zero-order valence-electron chi connectivity index (χ0n) is 8.33. The predicted octanol–water partition coefficient (Wildman–Crippen LogP) is 2.81. The van der Waals surface area contributed by atoms with Crippen LogP contribution in [0.3, 0.4) is 0 Å².